The van der Waals surface area contributed by atoms with Crippen LogP contribution in [-0.2, 0) is 0 Å². The molecule has 106 valence electrons. The van der Waals surface area contributed by atoms with Gasteiger partial charge in [-0.15, -0.1) is 0 Å². The van der Waals surface area contributed by atoms with E-state index < -0.39 is 0 Å². The van der Waals surface area contributed by atoms with E-state index in [9.17, 15) is 4.79 Å². The highest BCUT2D eigenvalue weighted by Gasteiger charge is 2.03. The second-order valence-corrected chi connectivity index (χ2v) is 5.98. The van der Waals surface area contributed by atoms with E-state index in [1.54, 1.807) is 24.4 Å². The van der Waals surface area contributed by atoms with Crippen LogP contribution in [0.4, 0.5) is 0 Å². The van der Waals surface area contributed by atoms with Crippen LogP contribution in [0, 0.1) is 0 Å². The second kappa shape index (κ2) is 7.90. The normalized spacial score (nSPS) is 11.6. The molecular weight excluding hydrogens is 396 g/mol. The summed E-state index contributed by atoms with van der Waals surface area (Å²) < 4.78 is 1.62. The summed E-state index contributed by atoms with van der Waals surface area (Å²) in [4.78, 5) is 11.9. The first-order valence-corrected chi connectivity index (χ1v) is 7.75. The summed E-state index contributed by atoms with van der Waals surface area (Å²) in [6, 6.07) is 17.0. The van der Waals surface area contributed by atoms with E-state index in [1.165, 1.54) is 0 Å². The molecule has 0 bridgehead atoms. The SMILES string of the molecule is O=C(N/N=C\C(Br)=C\c1ccccc1)c1cccc(Br)c1. The number of nitrogens with zero attached hydrogens (tertiary/aromatic N) is 1. The molecule has 0 spiro atoms. The van der Waals surface area contributed by atoms with Crippen LogP contribution in [0.2, 0.25) is 0 Å². The first kappa shape index (κ1) is 15.7. The average molecular weight is 408 g/mol. The highest BCUT2D eigenvalue weighted by atomic mass is 79.9. The zero-order valence-corrected chi connectivity index (χ0v) is 14.1. The van der Waals surface area contributed by atoms with E-state index in [1.807, 2.05) is 42.5 Å². The second-order valence-electron chi connectivity index (χ2n) is 4.15. The van der Waals surface area contributed by atoms with Gasteiger partial charge in [0.05, 0.1) is 6.21 Å². The van der Waals surface area contributed by atoms with E-state index in [0.29, 0.717) is 5.56 Å². The van der Waals surface area contributed by atoms with E-state index in [4.69, 9.17) is 0 Å². The van der Waals surface area contributed by atoms with Crippen molar-refractivity contribution in [3.05, 3.63) is 74.7 Å². The molecule has 0 fully saturated rings. The van der Waals surface area contributed by atoms with Gasteiger partial charge >= 0.3 is 0 Å². The lowest BCUT2D eigenvalue weighted by Gasteiger charge is -2.00. The Morgan fingerprint density at radius 2 is 1.86 bits per heavy atom. The number of carbonyl (C=O) groups is 1. The van der Waals surface area contributed by atoms with Crippen molar-refractivity contribution in [2.45, 2.75) is 0 Å². The Labute approximate surface area is 140 Å². The van der Waals surface area contributed by atoms with Gasteiger partial charge in [-0.1, -0.05) is 52.3 Å². The Bertz CT molecular complexity index is 682. The first-order chi connectivity index (χ1) is 10.1. The molecule has 0 aromatic heterocycles. The number of hydrogen-bond donors (Lipinski definition) is 1. The molecule has 5 heteroatoms. The van der Waals surface area contributed by atoms with Crippen LogP contribution in [0.1, 0.15) is 15.9 Å². The molecule has 0 aliphatic heterocycles. The fraction of sp³-hybridized carbons (Fsp3) is 0. The van der Waals surface area contributed by atoms with Crippen molar-refractivity contribution in [2.75, 3.05) is 0 Å². The van der Waals surface area contributed by atoms with Crippen LogP contribution < -0.4 is 5.43 Å². The van der Waals surface area contributed by atoms with Crippen LogP contribution in [0.5, 0.6) is 0 Å². The van der Waals surface area contributed by atoms with Crippen LogP contribution in [0.15, 0.2) is 68.7 Å². The molecule has 2 rings (SSSR count). The fourth-order valence-electron chi connectivity index (χ4n) is 1.59. The van der Waals surface area contributed by atoms with Crippen LogP contribution in [-0.4, -0.2) is 12.1 Å². The minimum Gasteiger partial charge on any atom is -0.267 e. The van der Waals surface area contributed by atoms with Crippen molar-refractivity contribution >= 4 is 50.1 Å². The molecule has 2 aromatic rings. The van der Waals surface area contributed by atoms with Crippen molar-refractivity contribution in [3.8, 4) is 0 Å². The summed E-state index contributed by atoms with van der Waals surface area (Å²) in [5.74, 6) is -0.257. The van der Waals surface area contributed by atoms with E-state index in [-0.39, 0.29) is 5.91 Å². The summed E-state index contributed by atoms with van der Waals surface area (Å²) in [5, 5.41) is 3.92. The molecule has 0 unspecified atom stereocenters. The molecule has 0 aliphatic carbocycles. The quantitative estimate of drug-likeness (QED) is 0.583. The topological polar surface area (TPSA) is 41.5 Å². The molecule has 0 radical (unpaired) electrons. The van der Waals surface area contributed by atoms with Crippen molar-refractivity contribution in [1.29, 1.82) is 0 Å². The maximum absolute atomic E-state index is 11.9. The van der Waals surface area contributed by atoms with E-state index in [2.05, 4.69) is 42.4 Å². The molecule has 1 N–H and O–H groups in total. The Hall–Kier alpha value is -1.72. The zero-order valence-electron chi connectivity index (χ0n) is 11.0. The average Bonchev–Trinajstić information content (AvgIpc) is 2.48. The largest absolute Gasteiger partial charge is 0.271 e. The predicted molar refractivity (Wildman–Crippen MR) is 93.4 cm³/mol. The Kier molecular flexibility index (Phi) is 5.90. The third kappa shape index (κ3) is 5.28. The Balaban J connectivity index is 1.96. The van der Waals surface area contributed by atoms with Crippen LogP contribution in [0.3, 0.4) is 0 Å². The molecule has 21 heavy (non-hydrogen) atoms. The van der Waals surface area contributed by atoms with Gasteiger partial charge in [-0.2, -0.15) is 5.10 Å². The van der Waals surface area contributed by atoms with Gasteiger partial charge in [-0.05, 0) is 45.8 Å². The van der Waals surface area contributed by atoms with Gasteiger partial charge in [0.1, 0.15) is 0 Å². The number of carbonyl (C=O) groups excluding carboxylic acids is 1. The van der Waals surface area contributed by atoms with Crippen molar-refractivity contribution in [3.63, 3.8) is 0 Å². The molecule has 0 saturated carbocycles. The van der Waals surface area contributed by atoms with Gasteiger partial charge < -0.3 is 0 Å². The number of hydrazone groups is 1. The third-order valence-electron chi connectivity index (χ3n) is 2.54. The van der Waals surface area contributed by atoms with Crippen molar-refractivity contribution in [2.24, 2.45) is 5.10 Å². The molecular formula is C16H12Br2N2O. The number of benzene rings is 2. The lowest BCUT2D eigenvalue weighted by molar-refractivity contribution is 0.0955. The van der Waals surface area contributed by atoms with Crippen LogP contribution in [0.25, 0.3) is 6.08 Å². The predicted octanol–water partition coefficient (Wildman–Crippen LogP) is 4.60. The standard InChI is InChI=1S/C16H12Br2N2O/c17-14-8-4-7-13(10-14)16(21)20-19-11-15(18)9-12-5-2-1-3-6-12/h1-11H,(H,20,21)/b15-9-,19-11-. The van der Waals surface area contributed by atoms with E-state index in [0.717, 1.165) is 14.5 Å². The summed E-state index contributed by atoms with van der Waals surface area (Å²) in [6.07, 6.45) is 3.46. The molecule has 2 aromatic carbocycles. The molecule has 3 nitrogen and oxygen atoms in total. The Morgan fingerprint density at radius 3 is 2.57 bits per heavy atom. The minimum atomic E-state index is -0.257. The number of nitrogens with one attached hydrogen (secondary N) is 1. The van der Waals surface area contributed by atoms with Gasteiger partial charge in [0.25, 0.3) is 5.91 Å². The molecule has 0 aliphatic rings. The third-order valence-corrected chi connectivity index (χ3v) is 3.47. The maximum Gasteiger partial charge on any atom is 0.271 e. The molecule has 0 atom stereocenters. The van der Waals surface area contributed by atoms with Gasteiger partial charge in [0, 0.05) is 14.5 Å². The summed E-state index contributed by atoms with van der Waals surface area (Å²) in [7, 11) is 0. The van der Waals surface area contributed by atoms with E-state index >= 15 is 0 Å². The lowest BCUT2D eigenvalue weighted by Crippen LogP contribution is -2.17. The molecule has 0 saturated heterocycles. The van der Waals surface area contributed by atoms with Crippen LogP contribution >= 0.6 is 31.9 Å². The molecule has 1 amide bonds. The van der Waals surface area contributed by atoms with Gasteiger partial charge in [-0.3, -0.25) is 4.79 Å². The Morgan fingerprint density at radius 1 is 1.10 bits per heavy atom. The zero-order chi connectivity index (χ0) is 15.1. The minimum absolute atomic E-state index is 0.257. The number of halogens is 2. The number of amides is 1. The molecule has 0 heterocycles. The summed E-state index contributed by atoms with van der Waals surface area (Å²) in [5.41, 5.74) is 4.08. The highest BCUT2D eigenvalue weighted by molar-refractivity contribution is 9.12. The van der Waals surface area contributed by atoms with Gasteiger partial charge in [0.15, 0.2) is 0 Å². The summed E-state index contributed by atoms with van der Waals surface area (Å²) >= 11 is 6.71. The number of rotatable bonds is 4. The van der Waals surface area contributed by atoms with Gasteiger partial charge in [-0.25, -0.2) is 5.43 Å². The maximum atomic E-state index is 11.9. The fourth-order valence-corrected chi connectivity index (χ4v) is 2.36. The monoisotopic (exact) mass is 406 g/mol. The van der Waals surface area contributed by atoms with Crippen molar-refractivity contribution < 1.29 is 4.79 Å². The summed E-state index contributed by atoms with van der Waals surface area (Å²) in [6.45, 7) is 0. The highest BCUT2D eigenvalue weighted by Crippen LogP contribution is 2.12. The number of hydrogen-bond acceptors (Lipinski definition) is 2. The first-order valence-electron chi connectivity index (χ1n) is 6.16. The number of allylic oxidation sites excluding steroid dienone is 1. The smallest absolute Gasteiger partial charge is 0.267 e. The van der Waals surface area contributed by atoms with Gasteiger partial charge in [0.2, 0.25) is 0 Å². The van der Waals surface area contributed by atoms with Crippen molar-refractivity contribution in [1.82, 2.24) is 5.43 Å². The lowest BCUT2D eigenvalue weighted by atomic mass is 10.2.